The van der Waals surface area contributed by atoms with Crippen molar-refractivity contribution < 1.29 is 28.9 Å². The number of anilines is 3. The molecule has 3 aliphatic heterocycles. The smallest absolute Gasteiger partial charge is 0.338 e. The van der Waals surface area contributed by atoms with Crippen LogP contribution in [0.4, 0.5) is 17.1 Å². The molecular weight excluding hydrogens is 574 g/mol. The van der Waals surface area contributed by atoms with E-state index < -0.39 is 5.97 Å². The van der Waals surface area contributed by atoms with Crippen LogP contribution in [0.2, 0.25) is 0 Å². The number of piperazine rings is 1. The number of hydrogen-bond acceptors (Lipinski definition) is 9. The van der Waals surface area contributed by atoms with Crippen LogP contribution in [0.1, 0.15) is 34.0 Å². The highest BCUT2D eigenvalue weighted by Crippen LogP contribution is 2.39. The van der Waals surface area contributed by atoms with Crippen LogP contribution in [0.15, 0.2) is 60.7 Å². The van der Waals surface area contributed by atoms with E-state index in [2.05, 4.69) is 27.5 Å². The number of nitrogens with zero attached hydrogens (tertiary/aromatic N) is 3. The molecule has 11 heteroatoms. The fraction of sp³-hybridized carbons (Fsp3) is 0.324. The Labute approximate surface area is 262 Å². The molecule has 1 fully saturated rings. The molecule has 2 N–H and O–H groups in total. The molecule has 1 saturated heterocycles. The molecule has 3 aliphatic rings. The molecule has 45 heavy (non-hydrogen) atoms. The summed E-state index contributed by atoms with van der Waals surface area (Å²) < 4.78 is 5.14. The molecule has 234 valence electrons. The normalized spacial score (nSPS) is 17.4. The Morgan fingerprint density at radius 1 is 1.00 bits per heavy atom. The summed E-state index contributed by atoms with van der Waals surface area (Å²) in [6.07, 6.45) is 0.720. The minimum atomic E-state index is -0.454. The van der Waals surface area contributed by atoms with Crippen LogP contribution in [0.3, 0.4) is 0 Å². The summed E-state index contributed by atoms with van der Waals surface area (Å²) in [6.45, 7) is 6.49. The van der Waals surface area contributed by atoms with Gasteiger partial charge in [0.15, 0.2) is 5.75 Å². The number of carbonyl (C=O) groups is 3. The molecule has 2 amide bonds. The van der Waals surface area contributed by atoms with E-state index >= 15 is 0 Å². The Hall–Kier alpha value is -4.71. The predicted molar refractivity (Wildman–Crippen MR) is 172 cm³/mol. The fourth-order valence-electron chi connectivity index (χ4n) is 5.65. The maximum atomic E-state index is 13.5. The van der Waals surface area contributed by atoms with Gasteiger partial charge in [-0.1, -0.05) is 18.2 Å². The summed E-state index contributed by atoms with van der Waals surface area (Å²) in [5.74, 6) is -0.148. The van der Waals surface area contributed by atoms with E-state index in [1.807, 2.05) is 42.5 Å². The summed E-state index contributed by atoms with van der Waals surface area (Å²) in [6, 6.07) is 18.3. The van der Waals surface area contributed by atoms with E-state index in [0.29, 0.717) is 47.0 Å². The Balaban J connectivity index is 1.30. The van der Waals surface area contributed by atoms with Crippen molar-refractivity contribution in [3.8, 4) is 5.75 Å². The third-order valence-corrected chi connectivity index (χ3v) is 8.34. The SMILES string of the molecule is CCOC(=O)c1ccc2c(c1)NC(=O)/C2=C(\Nc1ccc(N(C)C(=O)CN2CCN(C)CC2)cc1)c1ccc2c(c1)OOCC2. The number of fused-ring (bicyclic) bond motifs is 2. The number of hydrogen-bond donors (Lipinski definition) is 2. The minimum absolute atomic E-state index is 0.0285. The number of likely N-dealkylation sites (N-methyl/N-ethyl adjacent to an activating group) is 2. The van der Waals surface area contributed by atoms with Gasteiger partial charge >= 0.3 is 5.97 Å². The Bertz CT molecular complexity index is 1650. The van der Waals surface area contributed by atoms with Crippen molar-refractivity contribution in [3.05, 3.63) is 82.9 Å². The summed E-state index contributed by atoms with van der Waals surface area (Å²) in [5, 5.41) is 6.36. The van der Waals surface area contributed by atoms with Crippen LogP contribution in [0.5, 0.6) is 5.75 Å². The fourth-order valence-corrected chi connectivity index (χ4v) is 5.65. The number of nitrogens with one attached hydrogen (secondary N) is 2. The standard InChI is InChI=1S/C34H37N5O6/c1-4-43-34(42)24-7-12-27-28(19-24)36-33(41)31(27)32(23-6-5-22-13-18-44-45-29(22)20-23)35-25-8-10-26(11-9-25)38(3)30(40)21-39-16-14-37(2)15-17-39/h5-12,19-20,35H,4,13-18,21H2,1-3H3,(H,36,41)/b32-31-. The highest BCUT2D eigenvalue weighted by atomic mass is 17.2. The number of esters is 1. The van der Waals surface area contributed by atoms with Crippen molar-refractivity contribution in [2.75, 3.05) is 75.6 Å². The second-order valence-electron chi connectivity index (χ2n) is 11.4. The first kappa shape index (κ1) is 30.3. The molecule has 11 nitrogen and oxygen atoms in total. The average molecular weight is 612 g/mol. The quantitative estimate of drug-likeness (QED) is 0.223. The lowest BCUT2D eigenvalue weighted by atomic mass is 9.97. The van der Waals surface area contributed by atoms with Crippen LogP contribution in [0, 0.1) is 0 Å². The van der Waals surface area contributed by atoms with Gasteiger partial charge in [-0.15, -0.1) is 0 Å². The second kappa shape index (κ2) is 13.1. The monoisotopic (exact) mass is 611 g/mol. The average Bonchev–Trinajstić information content (AvgIpc) is 3.39. The zero-order valence-corrected chi connectivity index (χ0v) is 25.7. The molecule has 0 unspecified atom stereocenters. The molecule has 0 bridgehead atoms. The van der Waals surface area contributed by atoms with Gasteiger partial charge in [0.25, 0.3) is 5.91 Å². The zero-order valence-electron chi connectivity index (χ0n) is 25.7. The number of ether oxygens (including phenoxy) is 1. The van der Waals surface area contributed by atoms with Crippen LogP contribution in [-0.2, 0) is 25.6 Å². The van der Waals surface area contributed by atoms with Crippen molar-refractivity contribution in [1.29, 1.82) is 0 Å². The lowest BCUT2D eigenvalue weighted by Crippen LogP contribution is -2.48. The van der Waals surface area contributed by atoms with Crippen molar-refractivity contribution in [2.45, 2.75) is 13.3 Å². The Morgan fingerprint density at radius 2 is 1.76 bits per heavy atom. The molecule has 0 spiro atoms. The third kappa shape index (κ3) is 6.56. The van der Waals surface area contributed by atoms with E-state index in [1.54, 1.807) is 37.1 Å². The minimum Gasteiger partial charge on any atom is -0.462 e. The van der Waals surface area contributed by atoms with Gasteiger partial charge in [-0.3, -0.25) is 14.5 Å². The molecule has 3 heterocycles. The second-order valence-corrected chi connectivity index (χ2v) is 11.4. The molecular formula is C34H37N5O6. The largest absolute Gasteiger partial charge is 0.462 e. The number of amides is 2. The molecule has 0 aliphatic carbocycles. The lowest BCUT2D eigenvalue weighted by Gasteiger charge is -2.32. The molecule has 6 rings (SSSR count). The summed E-state index contributed by atoms with van der Waals surface area (Å²) in [7, 11) is 3.88. The summed E-state index contributed by atoms with van der Waals surface area (Å²) >= 11 is 0. The highest BCUT2D eigenvalue weighted by Gasteiger charge is 2.30. The first-order valence-electron chi connectivity index (χ1n) is 15.1. The molecule has 0 aromatic heterocycles. The molecule has 0 atom stereocenters. The van der Waals surface area contributed by atoms with E-state index in [1.165, 1.54) is 0 Å². The van der Waals surface area contributed by atoms with Crippen molar-refractivity contribution >= 4 is 46.1 Å². The molecule has 3 aromatic rings. The first-order valence-corrected chi connectivity index (χ1v) is 15.1. The van der Waals surface area contributed by atoms with Crippen molar-refractivity contribution in [1.82, 2.24) is 9.80 Å². The van der Waals surface area contributed by atoms with Gasteiger partial charge < -0.3 is 30.1 Å². The maximum Gasteiger partial charge on any atom is 0.338 e. The summed E-state index contributed by atoms with van der Waals surface area (Å²) in [4.78, 5) is 55.7. The van der Waals surface area contributed by atoms with Gasteiger partial charge in [-0.25, -0.2) is 4.79 Å². The van der Waals surface area contributed by atoms with Crippen molar-refractivity contribution in [2.24, 2.45) is 0 Å². The number of benzene rings is 3. The predicted octanol–water partition coefficient (Wildman–Crippen LogP) is 3.87. The van der Waals surface area contributed by atoms with Gasteiger partial charge in [0.2, 0.25) is 5.91 Å². The Kier molecular flexibility index (Phi) is 8.83. The topological polar surface area (TPSA) is 113 Å². The number of carbonyl (C=O) groups excluding carboxylic acids is 3. The Morgan fingerprint density at radius 3 is 2.51 bits per heavy atom. The van der Waals surface area contributed by atoms with Crippen molar-refractivity contribution in [3.63, 3.8) is 0 Å². The third-order valence-electron chi connectivity index (χ3n) is 8.34. The van der Waals surface area contributed by atoms with Gasteiger partial charge in [0, 0.05) is 67.7 Å². The van der Waals surface area contributed by atoms with Crippen LogP contribution in [0.25, 0.3) is 11.3 Å². The van der Waals surface area contributed by atoms with Gasteiger partial charge in [0.05, 0.1) is 42.3 Å². The van der Waals surface area contributed by atoms with Gasteiger partial charge in [-0.05, 0) is 56.4 Å². The molecule has 0 saturated carbocycles. The molecule has 3 aromatic carbocycles. The molecule has 0 radical (unpaired) electrons. The highest BCUT2D eigenvalue weighted by molar-refractivity contribution is 6.37. The van der Waals surface area contributed by atoms with Crippen LogP contribution in [-0.4, -0.2) is 87.6 Å². The van der Waals surface area contributed by atoms with E-state index in [9.17, 15) is 14.4 Å². The number of rotatable bonds is 8. The van der Waals surface area contributed by atoms with E-state index in [0.717, 1.165) is 55.1 Å². The summed E-state index contributed by atoms with van der Waals surface area (Å²) in [5.41, 5.74) is 5.72. The van der Waals surface area contributed by atoms with Gasteiger partial charge in [0.1, 0.15) is 0 Å². The van der Waals surface area contributed by atoms with Crippen LogP contribution >= 0.6 is 0 Å². The van der Waals surface area contributed by atoms with Crippen LogP contribution < -0.4 is 20.4 Å². The van der Waals surface area contributed by atoms with E-state index in [-0.39, 0.29) is 18.4 Å². The first-order chi connectivity index (χ1) is 21.8. The van der Waals surface area contributed by atoms with Gasteiger partial charge in [-0.2, -0.15) is 4.89 Å². The lowest BCUT2D eigenvalue weighted by molar-refractivity contribution is -0.215. The zero-order chi connectivity index (χ0) is 31.5. The van der Waals surface area contributed by atoms with E-state index in [4.69, 9.17) is 14.5 Å². The maximum absolute atomic E-state index is 13.5.